The second-order valence-electron chi connectivity index (χ2n) is 21.1. The van der Waals surface area contributed by atoms with E-state index in [0.717, 1.165) is 109 Å². The van der Waals surface area contributed by atoms with Crippen LogP contribution in [0.1, 0.15) is 142 Å². The molecule has 3 heterocycles. The number of carbonyl (C=O) groups excluding carboxylic acids is 1. The Kier molecular flexibility index (Phi) is 40.3. The first-order valence-electron chi connectivity index (χ1n) is 30.3. The third-order valence-corrected chi connectivity index (χ3v) is 14.2. The zero-order valence-electron chi connectivity index (χ0n) is 49.1. The highest BCUT2D eigenvalue weighted by atomic mass is 16.8. The molecule has 3 saturated heterocycles. The summed E-state index contributed by atoms with van der Waals surface area (Å²) in [5, 5.41) is 120. The predicted octanol–water partition coefficient (Wildman–Crippen LogP) is 5.70. The monoisotopic (exact) mass is 1170 g/mol. The molecule has 17 atom stereocenters. The first-order chi connectivity index (χ1) is 40.3. The van der Waals surface area contributed by atoms with Crippen molar-refractivity contribution in [2.45, 2.75) is 247 Å². The summed E-state index contributed by atoms with van der Waals surface area (Å²) in [6.07, 6.45) is 33.4. The van der Waals surface area contributed by atoms with Crippen molar-refractivity contribution < 1.29 is 89.4 Å². The van der Waals surface area contributed by atoms with Crippen LogP contribution in [0.25, 0.3) is 0 Å². The van der Waals surface area contributed by atoms with Crippen molar-refractivity contribution >= 4 is 5.91 Å². The number of allylic oxidation sites excluding steroid dienone is 19. The average Bonchev–Trinajstić information content (AvgIpc) is 3.62. The normalized spacial score (nSPS) is 30.3. The van der Waals surface area contributed by atoms with Crippen LogP contribution < -0.4 is 5.32 Å². The highest BCUT2D eigenvalue weighted by molar-refractivity contribution is 5.76. The molecule has 19 nitrogen and oxygen atoms in total. The molecule has 3 rings (SSSR count). The number of hydrogen-bond donors (Lipinski definition) is 12. The summed E-state index contributed by atoms with van der Waals surface area (Å²) in [6.45, 7) is 1.44. The molecular weight excluding hydrogens is 1070 g/mol. The molecule has 0 aromatic rings. The maximum absolute atomic E-state index is 13.3. The van der Waals surface area contributed by atoms with Crippen molar-refractivity contribution in [1.29, 1.82) is 0 Å². The molecule has 0 radical (unpaired) electrons. The molecule has 12 N–H and O–H groups in total. The number of aliphatic hydroxyl groups is 11. The summed E-state index contributed by atoms with van der Waals surface area (Å²) < 4.78 is 34.1. The van der Waals surface area contributed by atoms with E-state index >= 15 is 0 Å². The molecule has 0 saturated carbocycles. The van der Waals surface area contributed by atoms with Crippen LogP contribution >= 0.6 is 0 Å². The van der Waals surface area contributed by atoms with Crippen molar-refractivity contribution in [3.63, 3.8) is 0 Å². The summed E-state index contributed by atoms with van der Waals surface area (Å²) in [6, 6.07) is -1.01. The molecule has 0 aromatic heterocycles. The minimum absolute atomic E-state index is 0.200. The smallest absolute Gasteiger partial charge is 0.220 e. The fourth-order valence-corrected chi connectivity index (χ4v) is 9.27. The van der Waals surface area contributed by atoms with Crippen LogP contribution in [0, 0.1) is 0 Å². The van der Waals surface area contributed by atoms with Gasteiger partial charge in [-0.25, -0.2) is 0 Å². The van der Waals surface area contributed by atoms with Gasteiger partial charge in [-0.2, -0.15) is 0 Å². The van der Waals surface area contributed by atoms with E-state index in [1.54, 1.807) is 12.2 Å². The number of rotatable bonds is 42. The summed E-state index contributed by atoms with van der Waals surface area (Å²) in [7, 11) is 0. The Morgan fingerprint density at radius 1 is 0.446 bits per heavy atom. The number of nitrogens with one attached hydrogen (secondary N) is 1. The second kappa shape index (κ2) is 45.5. The zero-order chi connectivity index (χ0) is 60.5. The maximum Gasteiger partial charge on any atom is 0.220 e. The van der Waals surface area contributed by atoms with E-state index in [1.807, 2.05) is 0 Å². The van der Waals surface area contributed by atoms with Gasteiger partial charge in [-0.3, -0.25) is 4.79 Å². The topological polar surface area (TPSA) is 307 Å². The Hall–Kier alpha value is -3.81. The Balaban J connectivity index is 1.46. The maximum atomic E-state index is 13.3. The van der Waals surface area contributed by atoms with Crippen LogP contribution in [0.4, 0.5) is 0 Å². The van der Waals surface area contributed by atoms with Gasteiger partial charge in [0.25, 0.3) is 0 Å². The molecule has 0 aromatic carbocycles. The van der Waals surface area contributed by atoms with Crippen LogP contribution in [0.15, 0.2) is 122 Å². The summed E-state index contributed by atoms with van der Waals surface area (Å²) in [5.74, 6) is -0.318. The summed E-state index contributed by atoms with van der Waals surface area (Å²) in [4.78, 5) is 13.3. The zero-order valence-corrected chi connectivity index (χ0v) is 49.1. The van der Waals surface area contributed by atoms with Gasteiger partial charge >= 0.3 is 0 Å². The molecule has 19 heteroatoms. The van der Waals surface area contributed by atoms with Crippen molar-refractivity contribution in [1.82, 2.24) is 5.32 Å². The average molecular weight is 1170 g/mol. The predicted molar refractivity (Wildman–Crippen MR) is 318 cm³/mol. The number of carbonyl (C=O) groups is 1. The van der Waals surface area contributed by atoms with Crippen LogP contribution in [0.2, 0.25) is 0 Å². The SMILES string of the molecule is CC/C=C\C/C=C\C/C=C\C/C=C\C/C=C\C/C=C\C/C=C\CCCCCCCC(=O)NC(COC1OC(CO)C(OC2OC(CO)C(OC3OC(CO)C(O)C(O)C3O)C(O)C2O)C(O)C1O)C(O)/C=C/CC/C=C/CC/C=C/CCC. The molecule has 83 heavy (non-hydrogen) atoms. The molecule has 0 bridgehead atoms. The fraction of sp³-hybridized carbons (Fsp3) is 0.672. The molecule has 3 aliphatic heterocycles. The Bertz CT molecular complexity index is 1980. The lowest BCUT2D eigenvalue weighted by Crippen LogP contribution is -2.66. The van der Waals surface area contributed by atoms with Crippen LogP contribution in [-0.4, -0.2) is 193 Å². The first kappa shape index (κ1) is 73.4. The first-order valence-corrected chi connectivity index (χ1v) is 30.3. The minimum atomic E-state index is -1.99. The van der Waals surface area contributed by atoms with Crippen molar-refractivity contribution in [3.05, 3.63) is 122 Å². The lowest BCUT2D eigenvalue weighted by atomic mass is 9.96. The number of amides is 1. The number of ether oxygens (including phenoxy) is 6. The fourth-order valence-electron chi connectivity index (χ4n) is 9.27. The molecule has 17 unspecified atom stereocenters. The lowest BCUT2D eigenvalue weighted by Gasteiger charge is -2.48. The molecule has 0 spiro atoms. The Morgan fingerprint density at radius 2 is 0.843 bits per heavy atom. The van der Waals surface area contributed by atoms with E-state index in [9.17, 15) is 61.0 Å². The Labute approximate surface area is 493 Å². The van der Waals surface area contributed by atoms with Gasteiger partial charge in [0.15, 0.2) is 18.9 Å². The van der Waals surface area contributed by atoms with Gasteiger partial charge in [0, 0.05) is 6.42 Å². The number of hydrogen-bond acceptors (Lipinski definition) is 18. The largest absolute Gasteiger partial charge is 0.394 e. The van der Waals surface area contributed by atoms with Gasteiger partial charge < -0.3 is 89.9 Å². The minimum Gasteiger partial charge on any atom is -0.394 e. The molecule has 3 fully saturated rings. The van der Waals surface area contributed by atoms with E-state index in [2.05, 4.69) is 129 Å². The van der Waals surface area contributed by atoms with Gasteiger partial charge in [-0.1, -0.05) is 161 Å². The van der Waals surface area contributed by atoms with E-state index in [4.69, 9.17) is 28.4 Å². The highest BCUT2D eigenvalue weighted by Gasteiger charge is 2.53. The number of aliphatic hydroxyl groups excluding tert-OH is 11. The van der Waals surface area contributed by atoms with Gasteiger partial charge in [0.1, 0.15) is 73.2 Å². The van der Waals surface area contributed by atoms with Crippen LogP contribution in [0.3, 0.4) is 0 Å². The molecule has 472 valence electrons. The molecule has 0 aliphatic carbocycles. The van der Waals surface area contributed by atoms with E-state index in [0.29, 0.717) is 12.8 Å². The van der Waals surface area contributed by atoms with E-state index in [1.165, 1.54) is 0 Å². The summed E-state index contributed by atoms with van der Waals surface area (Å²) in [5.41, 5.74) is 0. The third-order valence-electron chi connectivity index (χ3n) is 14.2. The van der Waals surface area contributed by atoms with Crippen LogP contribution in [-0.2, 0) is 33.2 Å². The van der Waals surface area contributed by atoms with E-state index < -0.39 is 124 Å². The molecule has 3 aliphatic rings. The van der Waals surface area contributed by atoms with Gasteiger partial charge in [-0.05, 0) is 96.3 Å². The Morgan fingerprint density at radius 3 is 1.34 bits per heavy atom. The third kappa shape index (κ3) is 29.0. The standard InChI is InChI=1S/C64H103NO18/c1-3-5-7-9-11-13-15-16-17-18-19-20-21-22-23-24-25-26-27-28-29-30-32-34-36-38-40-42-52(70)65-47(48(69)41-39-37-35-33-31-14-12-10-8-6-4-2)46-78-62-58(76)55(73)60(50(44-67)80-62)83-64-59(77)56(74)61(51(45-68)81-64)82-63-57(75)54(72)53(71)49(43-66)79-63/h5,7-8,10-11,13,16-17,19-20,22-23,25-26,28-29,31,33,39,41,47-51,53-64,66-69,71-77H,3-4,6,9,12,14-15,18,21,24,27,30,32,34-38,40,42-46H2,1-2H3,(H,65,70)/b7-5-,10-8+,13-11-,17-16-,20-19-,23-22-,26-25-,29-28-,33-31+,41-39+. The van der Waals surface area contributed by atoms with Crippen molar-refractivity contribution in [3.8, 4) is 0 Å². The van der Waals surface area contributed by atoms with Crippen molar-refractivity contribution in [2.24, 2.45) is 0 Å². The lowest BCUT2D eigenvalue weighted by molar-refractivity contribution is -0.379. The van der Waals surface area contributed by atoms with Gasteiger partial charge in [-0.15, -0.1) is 0 Å². The molecular formula is C64H103NO18. The number of unbranched alkanes of at least 4 members (excludes halogenated alkanes) is 8. The second-order valence-corrected chi connectivity index (χ2v) is 21.1. The highest BCUT2D eigenvalue weighted by Crippen LogP contribution is 2.33. The molecule has 1 amide bonds. The van der Waals surface area contributed by atoms with Crippen molar-refractivity contribution in [2.75, 3.05) is 26.4 Å². The van der Waals surface area contributed by atoms with Gasteiger partial charge in [0.2, 0.25) is 5.91 Å². The van der Waals surface area contributed by atoms with E-state index in [-0.39, 0.29) is 18.9 Å². The summed E-state index contributed by atoms with van der Waals surface area (Å²) >= 11 is 0. The van der Waals surface area contributed by atoms with Crippen LogP contribution in [0.5, 0.6) is 0 Å². The quantitative estimate of drug-likeness (QED) is 0.0258. The van der Waals surface area contributed by atoms with Gasteiger partial charge in [0.05, 0.1) is 38.6 Å².